The van der Waals surface area contributed by atoms with E-state index < -0.39 is 15.4 Å². The van der Waals surface area contributed by atoms with Crippen molar-refractivity contribution in [3.05, 3.63) is 23.8 Å². The van der Waals surface area contributed by atoms with Crippen LogP contribution in [0.3, 0.4) is 0 Å². The van der Waals surface area contributed by atoms with E-state index in [1.54, 1.807) is 25.1 Å². The lowest BCUT2D eigenvalue weighted by molar-refractivity contribution is 0.0915. The largest absolute Gasteiger partial charge is 0.454 e. The summed E-state index contributed by atoms with van der Waals surface area (Å²) >= 11 is 0. The lowest BCUT2D eigenvalue weighted by atomic mass is 10.0. The quantitative estimate of drug-likeness (QED) is 0.870. The minimum absolute atomic E-state index is 0.0176. The number of sulfone groups is 1. The molecule has 0 spiro atoms. The first kappa shape index (κ1) is 13.2. The normalized spacial score (nSPS) is 26.4. The second-order valence-corrected chi connectivity index (χ2v) is 7.61. The molecule has 0 bridgehead atoms. The van der Waals surface area contributed by atoms with E-state index in [1.807, 2.05) is 0 Å². The zero-order valence-corrected chi connectivity index (χ0v) is 11.8. The fraction of sp³-hybridized carbons (Fsp3) is 0.462. The molecule has 1 fully saturated rings. The highest BCUT2D eigenvalue weighted by Crippen LogP contribution is 2.32. The molecule has 3 rings (SSSR count). The van der Waals surface area contributed by atoms with E-state index in [0.29, 0.717) is 23.5 Å². The van der Waals surface area contributed by atoms with Crippen molar-refractivity contribution in [2.24, 2.45) is 0 Å². The van der Waals surface area contributed by atoms with Crippen LogP contribution in [0.4, 0.5) is 0 Å². The van der Waals surface area contributed by atoms with Crippen LogP contribution >= 0.6 is 0 Å². The third kappa shape index (κ3) is 2.45. The maximum Gasteiger partial charge on any atom is 0.251 e. The summed E-state index contributed by atoms with van der Waals surface area (Å²) in [6.07, 6.45) is 0.436. The van der Waals surface area contributed by atoms with Crippen molar-refractivity contribution in [2.75, 3.05) is 18.3 Å². The van der Waals surface area contributed by atoms with Crippen LogP contribution in [0.25, 0.3) is 0 Å². The number of rotatable bonds is 2. The number of nitrogens with one attached hydrogen (secondary N) is 1. The van der Waals surface area contributed by atoms with Gasteiger partial charge in [-0.05, 0) is 31.5 Å². The van der Waals surface area contributed by atoms with Crippen molar-refractivity contribution in [3.8, 4) is 11.5 Å². The van der Waals surface area contributed by atoms with Crippen molar-refractivity contribution >= 4 is 15.7 Å². The first-order valence-corrected chi connectivity index (χ1v) is 8.12. The highest BCUT2D eigenvalue weighted by atomic mass is 32.2. The maximum atomic E-state index is 12.2. The molecule has 1 aromatic rings. The number of ether oxygens (including phenoxy) is 2. The molecule has 108 valence electrons. The second-order valence-electron chi connectivity index (χ2n) is 5.42. The summed E-state index contributed by atoms with van der Waals surface area (Å²) in [6, 6.07) is 4.91. The number of benzene rings is 1. The molecule has 0 aromatic heterocycles. The first-order chi connectivity index (χ1) is 9.37. The summed E-state index contributed by atoms with van der Waals surface area (Å²) in [5.41, 5.74) is -0.272. The van der Waals surface area contributed by atoms with Gasteiger partial charge in [-0.3, -0.25) is 4.79 Å². The molecule has 2 aliphatic heterocycles. The van der Waals surface area contributed by atoms with E-state index in [1.165, 1.54) is 0 Å². The Morgan fingerprint density at radius 3 is 2.75 bits per heavy atom. The summed E-state index contributed by atoms with van der Waals surface area (Å²) in [5, 5.41) is 2.80. The number of hydrogen-bond acceptors (Lipinski definition) is 5. The monoisotopic (exact) mass is 297 g/mol. The van der Waals surface area contributed by atoms with Crippen molar-refractivity contribution in [3.63, 3.8) is 0 Å². The number of carbonyl (C=O) groups excluding carboxylic acids is 1. The topological polar surface area (TPSA) is 81.7 Å². The van der Waals surface area contributed by atoms with Crippen molar-refractivity contribution in [1.82, 2.24) is 5.32 Å². The third-order valence-electron chi connectivity index (χ3n) is 3.55. The van der Waals surface area contributed by atoms with Crippen LogP contribution in [0.5, 0.6) is 11.5 Å². The number of fused-ring (bicyclic) bond motifs is 1. The van der Waals surface area contributed by atoms with E-state index in [9.17, 15) is 13.2 Å². The SMILES string of the molecule is CC1(NC(=O)c2ccc3c(c2)OCO3)CCS(=O)(=O)C1. The second kappa shape index (κ2) is 4.37. The van der Waals surface area contributed by atoms with Crippen LogP contribution in [0.1, 0.15) is 23.7 Å². The Morgan fingerprint density at radius 1 is 1.30 bits per heavy atom. The highest BCUT2D eigenvalue weighted by molar-refractivity contribution is 7.91. The summed E-state index contributed by atoms with van der Waals surface area (Å²) in [5.74, 6) is 0.933. The van der Waals surface area contributed by atoms with Crippen LogP contribution in [-0.2, 0) is 9.84 Å². The molecular weight excluding hydrogens is 282 g/mol. The van der Waals surface area contributed by atoms with Gasteiger partial charge in [0.05, 0.1) is 17.0 Å². The van der Waals surface area contributed by atoms with E-state index >= 15 is 0 Å². The summed E-state index contributed by atoms with van der Waals surface area (Å²) in [6.45, 7) is 1.90. The molecule has 2 aliphatic rings. The van der Waals surface area contributed by atoms with Crippen LogP contribution in [0, 0.1) is 0 Å². The van der Waals surface area contributed by atoms with Gasteiger partial charge in [0.25, 0.3) is 5.91 Å². The average molecular weight is 297 g/mol. The zero-order valence-electron chi connectivity index (χ0n) is 11.0. The summed E-state index contributed by atoms with van der Waals surface area (Å²) in [7, 11) is -3.05. The highest BCUT2D eigenvalue weighted by Gasteiger charge is 2.39. The lowest BCUT2D eigenvalue weighted by Gasteiger charge is -2.23. The Hall–Kier alpha value is -1.76. The van der Waals surface area contributed by atoms with Gasteiger partial charge >= 0.3 is 0 Å². The number of amides is 1. The minimum atomic E-state index is -3.05. The molecular formula is C13H15NO5S. The van der Waals surface area contributed by atoms with Gasteiger partial charge in [0.1, 0.15) is 0 Å². The molecule has 0 radical (unpaired) electrons. The van der Waals surface area contributed by atoms with Gasteiger partial charge in [0, 0.05) is 5.56 Å². The summed E-state index contributed by atoms with van der Waals surface area (Å²) in [4.78, 5) is 12.2. The molecule has 0 aliphatic carbocycles. The molecule has 20 heavy (non-hydrogen) atoms. The van der Waals surface area contributed by atoms with Gasteiger partial charge in [0.2, 0.25) is 6.79 Å². The Kier molecular flexibility index (Phi) is 2.89. The van der Waals surface area contributed by atoms with Gasteiger partial charge < -0.3 is 14.8 Å². The van der Waals surface area contributed by atoms with Gasteiger partial charge in [-0.25, -0.2) is 8.42 Å². The fourth-order valence-corrected chi connectivity index (χ4v) is 4.59. The van der Waals surface area contributed by atoms with Crippen molar-refractivity contribution in [1.29, 1.82) is 0 Å². The van der Waals surface area contributed by atoms with Crippen LogP contribution in [0.2, 0.25) is 0 Å². The first-order valence-electron chi connectivity index (χ1n) is 6.30. The Bertz CT molecular complexity index is 669. The molecule has 7 heteroatoms. The Balaban J connectivity index is 1.77. The molecule has 6 nitrogen and oxygen atoms in total. The molecule has 1 atom stereocenters. The predicted octanol–water partition coefficient (Wildman–Crippen LogP) is 0.722. The number of hydrogen-bond donors (Lipinski definition) is 1. The van der Waals surface area contributed by atoms with E-state index in [-0.39, 0.29) is 24.2 Å². The van der Waals surface area contributed by atoms with E-state index in [2.05, 4.69) is 5.32 Å². The molecule has 1 saturated heterocycles. The van der Waals surface area contributed by atoms with Crippen molar-refractivity contribution < 1.29 is 22.7 Å². The van der Waals surface area contributed by atoms with E-state index in [4.69, 9.17) is 9.47 Å². The van der Waals surface area contributed by atoms with Crippen LogP contribution < -0.4 is 14.8 Å². The van der Waals surface area contributed by atoms with Crippen LogP contribution in [0.15, 0.2) is 18.2 Å². The zero-order chi connectivity index (χ0) is 14.4. The Labute approximate surface area is 117 Å². The minimum Gasteiger partial charge on any atom is -0.454 e. The standard InChI is InChI=1S/C13H15NO5S/c1-13(4-5-20(16,17)7-13)14-12(15)9-2-3-10-11(6-9)19-8-18-10/h2-3,6H,4-5,7-8H2,1H3,(H,14,15). The van der Waals surface area contributed by atoms with Gasteiger partial charge in [-0.1, -0.05) is 0 Å². The predicted molar refractivity (Wildman–Crippen MR) is 71.7 cm³/mol. The number of carbonyl (C=O) groups is 1. The average Bonchev–Trinajstić information content (AvgIpc) is 2.92. The fourth-order valence-electron chi connectivity index (χ4n) is 2.49. The molecule has 1 aromatic carbocycles. The van der Waals surface area contributed by atoms with Crippen LogP contribution in [-0.4, -0.2) is 38.2 Å². The molecule has 0 saturated carbocycles. The smallest absolute Gasteiger partial charge is 0.251 e. The van der Waals surface area contributed by atoms with Gasteiger partial charge in [-0.15, -0.1) is 0 Å². The maximum absolute atomic E-state index is 12.2. The molecule has 1 unspecified atom stereocenters. The Morgan fingerprint density at radius 2 is 2.05 bits per heavy atom. The molecule has 2 heterocycles. The molecule has 1 N–H and O–H groups in total. The van der Waals surface area contributed by atoms with Gasteiger partial charge in [0.15, 0.2) is 21.3 Å². The molecule has 1 amide bonds. The van der Waals surface area contributed by atoms with Gasteiger partial charge in [-0.2, -0.15) is 0 Å². The third-order valence-corrected chi connectivity index (χ3v) is 5.46. The van der Waals surface area contributed by atoms with Crippen molar-refractivity contribution in [2.45, 2.75) is 18.9 Å². The van der Waals surface area contributed by atoms with E-state index in [0.717, 1.165) is 0 Å². The lowest BCUT2D eigenvalue weighted by Crippen LogP contribution is -2.46. The summed E-state index contributed by atoms with van der Waals surface area (Å²) < 4.78 is 33.5.